The number of amides is 1. The maximum atomic E-state index is 10.8. The molecule has 1 N–H and O–H groups in total. The lowest BCUT2D eigenvalue weighted by Crippen LogP contribution is -2.09. The Balaban J connectivity index is 2.71. The molecule has 0 aliphatic carbocycles. The van der Waals surface area contributed by atoms with Gasteiger partial charge in [0.15, 0.2) is 5.82 Å². The number of rotatable bonds is 2. The van der Waals surface area contributed by atoms with Gasteiger partial charge in [-0.05, 0) is 34.1 Å². The van der Waals surface area contributed by atoms with E-state index in [0.717, 1.165) is 0 Å². The Morgan fingerprint density at radius 3 is 2.83 bits per heavy atom. The lowest BCUT2D eigenvalue weighted by atomic mass is 10.5. The quantitative estimate of drug-likeness (QED) is 0.777. The molecule has 0 radical (unpaired) electrons. The van der Waals surface area contributed by atoms with Crippen LogP contribution in [-0.2, 0) is 4.79 Å². The van der Waals surface area contributed by atoms with Crippen molar-refractivity contribution in [2.24, 2.45) is 0 Å². The smallest absolute Gasteiger partial charge is 0.248 e. The van der Waals surface area contributed by atoms with Crippen LogP contribution in [0.15, 0.2) is 29.4 Å². The van der Waals surface area contributed by atoms with Crippen molar-refractivity contribution in [1.29, 1.82) is 0 Å². The van der Waals surface area contributed by atoms with Crippen LogP contribution in [0.1, 0.15) is 0 Å². The van der Waals surface area contributed by atoms with Crippen molar-refractivity contribution >= 4 is 27.7 Å². The molecule has 1 aromatic rings. The molecule has 0 saturated carbocycles. The number of aromatic nitrogens is 2. The van der Waals surface area contributed by atoms with E-state index in [1.54, 1.807) is 12.1 Å². The van der Waals surface area contributed by atoms with Gasteiger partial charge in [-0.15, -0.1) is 10.2 Å². The summed E-state index contributed by atoms with van der Waals surface area (Å²) in [5.41, 5.74) is 0. The molecule has 0 bridgehead atoms. The lowest BCUT2D eigenvalue weighted by Gasteiger charge is -1.97. The minimum Gasteiger partial charge on any atom is -0.306 e. The van der Waals surface area contributed by atoms with Crippen molar-refractivity contribution in [2.45, 2.75) is 0 Å². The second-order valence-electron chi connectivity index (χ2n) is 1.93. The van der Waals surface area contributed by atoms with Gasteiger partial charge in [-0.25, -0.2) is 0 Å². The van der Waals surface area contributed by atoms with Crippen LogP contribution in [0.2, 0.25) is 0 Å². The van der Waals surface area contributed by atoms with Gasteiger partial charge < -0.3 is 5.32 Å². The normalized spacial score (nSPS) is 9.08. The summed E-state index contributed by atoms with van der Waals surface area (Å²) in [4.78, 5) is 10.8. The van der Waals surface area contributed by atoms with E-state index in [1.165, 1.54) is 6.08 Å². The number of carbonyl (C=O) groups is 1. The van der Waals surface area contributed by atoms with Gasteiger partial charge >= 0.3 is 0 Å². The Hall–Kier alpha value is -1.23. The molecule has 0 aliphatic heterocycles. The van der Waals surface area contributed by atoms with E-state index in [0.29, 0.717) is 10.4 Å². The average Bonchev–Trinajstić information content (AvgIpc) is 2.09. The zero-order valence-electron chi connectivity index (χ0n) is 6.12. The number of carbonyl (C=O) groups excluding carboxylic acids is 1. The molecule has 62 valence electrons. The standard InChI is InChI=1S/C7H6BrN3O/c1-2-7(12)9-6-4-3-5(8)10-11-6/h2-4H,1H2,(H,9,11,12). The van der Waals surface area contributed by atoms with E-state index < -0.39 is 0 Å². The molecule has 1 heterocycles. The molecule has 4 nitrogen and oxygen atoms in total. The number of anilines is 1. The number of hydrogen-bond donors (Lipinski definition) is 1. The summed E-state index contributed by atoms with van der Waals surface area (Å²) < 4.78 is 0.624. The summed E-state index contributed by atoms with van der Waals surface area (Å²) in [5, 5.41) is 9.84. The largest absolute Gasteiger partial charge is 0.306 e. The van der Waals surface area contributed by atoms with Gasteiger partial charge in [0.1, 0.15) is 4.60 Å². The first-order valence-corrected chi connectivity index (χ1v) is 3.94. The highest BCUT2D eigenvalue weighted by Crippen LogP contribution is 2.06. The molecule has 0 unspecified atom stereocenters. The Labute approximate surface area is 77.8 Å². The Bertz CT molecular complexity index is 296. The van der Waals surface area contributed by atoms with Crippen LogP contribution in [-0.4, -0.2) is 16.1 Å². The van der Waals surface area contributed by atoms with Gasteiger partial charge in [-0.2, -0.15) is 0 Å². The first kappa shape index (κ1) is 8.86. The molecule has 1 aromatic heterocycles. The zero-order valence-corrected chi connectivity index (χ0v) is 7.71. The third-order valence-corrected chi connectivity index (χ3v) is 1.49. The van der Waals surface area contributed by atoms with Gasteiger partial charge in [0.25, 0.3) is 0 Å². The SMILES string of the molecule is C=CC(=O)Nc1ccc(Br)nn1. The number of nitrogens with zero attached hydrogens (tertiary/aromatic N) is 2. The summed E-state index contributed by atoms with van der Waals surface area (Å²) >= 11 is 3.12. The van der Waals surface area contributed by atoms with Gasteiger partial charge in [-0.3, -0.25) is 4.79 Å². The third-order valence-electron chi connectivity index (χ3n) is 1.07. The molecule has 0 aliphatic rings. The van der Waals surface area contributed by atoms with Gasteiger partial charge in [0, 0.05) is 0 Å². The second kappa shape index (κ2) is 3.96. The molecule has 0 saturated heterocycles. The van der Waals surface area contributed by atoms with Crippen LogP contribution in [0.25, 0.3) is 0 Å². The van der Waals surface area contributed by atoms with Crippen molar-refractivity contribution in [2.75, 3.05) is 5.32 Å². The molecule has 1 rings (SSSR count). The van der Waals surface area contributed by atoms with Crippen LogP contribution in [0.3, 0.4) is 0 Å². The molecule has 12 heavy (non-hydrogen) atoms. The van der Waals surface area contributed by atoms with Crippen LogP contribution >= 0.6 is 15.9 Å². The fourth-order valence-electron chi connectivity index (χ4n) is 0.560. The van der Waals surface area contributed by atoms with Gasteiger partial charge in [-0.1, -0.05) is 6.58 Å². The topological polar surface area (TPSA) is 54.9 Å². The van der Waals surface area contributed by atoms with E-state index in [9.17, 15) is 4.79 Å². The maximum Gasteiger partial charge on any atom is 0.248 e. The van der Waals surface area contributed by atoms with Crippen molar-refractivity contribution in [3.05, 3.63) is 29.4 Å². The molecular weight excluding hydrogens is 222 g/mol. The highest BCUT2D eigenvalue weighted by Gasteiger charge is 1.97. The molecular formula is C7H6BrN3O. The highest BCUT2D eigenvalue weighted by atomic mass is 79.9. The first-order valence-electron chi connectivity index (χ1n) is 3.15. The average molecular weight is 228 g/mol. The maximum absolute atomic E-state index is 10.8. The predicted octanol–water partition coefficient (Wildman–Crippen LogP) is 1.36. The van der Waals surface area contributed by atoms with Crippen molar-refractivity contribution in [3.8, 4) is 0 Å². The summed E-state index contributed by atoms with van der Waals surface area (Å²) in [7, 11) is 0. The summed E-state index contributed by atoms with van der Waals surface area (Å²) in [6, 6.07) is 3.32. The molecule has 0 atom stereocenters. The van der Waals surface area contributed by atoms with Crippen molar-refractivity contribution < 1.29 is 4.79 Å². The van der Waals surface area contributed by atoms with E-state index in [4.69, 9.17) is 0 Å². The van der Waals surface area contributed by atoms with Crippen LogP contribution < -0.4 is 5.32 Å². The number of nitrogens with one attached hydrogen (secondary N) is 1. The monoisotopic (exact) mass is 227 g/mol. The zero-order chi connectivity index (χ0) is 8.97. The Morgan fingerprint density at radius 1 is 1.58 bits per heavy atom. The molecule has 1 amide bonds. The van der Waals surface area contributed by atoms with Gasteiger partial charge in [0.05, 0.1) is 0 Å². The van der Waals surface area contributed by atoms with Gasteiger partial charge in [0.2, 0.25) is 5.91 Å². The number of hydrogen-bond acceptors (Lipinski definition) is 3. The van der Waals surface area contributed by atoms with Crippen molar-refractivity contribution in [3.63, 3.8) is 0 Å². The van der Waals surface area contributed by atoms with Crippen LogP contribution in [0, 0.1) is 0 Å². The molecule has 0 spiro atoms. The van der Waals surface area contributed by atoms with E-state index in [2.05, 4.69) is 38.0 Å². The van der Waals surface area contributed by atoms with Crippen LogP contribution in [0.4, 0.5) is 5.82 Å². The minimum atomic E-state index is -0.299. The van der Waals surface area contributed by atoms with Crippen LogP contribution in [0.5, 0.6) is 0 Å². The highest BCUT2D eigenvalue weighted by molar-refractivity contribution is 9.10. The second-order valence-corrected chi connectivity index (χ2v) is 2.75. The minimum absolute atomic E-state index is 0.299. The molecule has 5 heteroatoms. The van der Waals surface area contributed by atoms with E-state index in [-0.39, 0.29) is 5.91 Å². The van der Waals surface area contributed by atoms with E-state index in [1.807, 2.05) is 0 Å². The Morgan fingerprint density at radius 2 is 2.33 bits per heavy atom. The lowest BCUT2D eigenvalue weighted by molar-refractivity contribution is -0.111. The summed E-state index contributed by atoms with van der Waals surface area (Å²) in [6.45, 7) is 3.30. The fourth-order valence-corrected chi connectivity index (χ4v) is 0.771. The predicted molar refractivity (Wildman–Crippen MR) is 48.6 cm³/mol. The van der Waals surface area contributed by atoms with E-state index >= 15 is 0 Å². The molecule has 0 aromatic carbocycles. The third kappa shape index (κ3) is 2.43. The number of halogens is 1. The molecule has 0 fully saturated rings. The first-order chi connectivity index (χ1) is 5.72. The van der Waals surface area contributed by atoms with Crippen molar-refractivity contribution in [1.82, 2.24) is 10.2 Å². The fraction of sp³-hybridized carbons (Fsp3) is 0. The summed E-state index contributed by atoms with van der Waals surface area (Å²) in [6.07, 6.45) is 1.17. The summed E-state index contributed by atoms with van der Waals surface area (Å²) in [5.74, 6) is 0.106. The Kier molecular flexibility index (Phi) is 2.93.